The third-order valence-corrected chi connectivity index (χ3v) is 5.05. The number of amides is 2. The highest BCUT2D eigenvalue weighted by atomic mass is 16.2. The number of H-pyrrole nitrogens is 1. The van der Waals surface area contributed by atoms with Crippen molar-refractivity contribution in [3.05, 3.63) is 60.2 Å². The van der Waals surface area contributed by atoms with Crippen molar-refractivity contribution in [2.24, 2.45) is 5.92 Å². The number of hydrogen-bond acceptors (Lipinski definition) is 4. The number of nitrogens with zero attached hydrogens (tertiary/aromatic N) is 5. The molecule has 0 radical (unpaired) electrons. The maximum Gasteiger partial charge on any atom is 0.321 e. The molecule has 1 saturated heterocycles. The summed E-state index contributed by atoms with van der Waals surface area (Å²) in [5.41, 5.74) is 1.91. The molecule has 0 bridgehead atoms. The van der Waals surface area contributed by atoms with Gasteiger partial charge >= 0.3 is 6.03 Å². The Morgan fingerprint density at radius 3 is 2.89 bits per heavy atom. The average Bonchev–Trinajstić information content (AvgIpc) is 3.35. The minimum atomic E-state index is -0.0346. The number of carbonyl (C=O) groups excluding carboxylic acids is 1. The third-order valence-electron chi connectivity index (χ3n) is 5.05. The van der Waals surface area contributed by atoms with E-state index in [0.29, 0.717) is 12.3 Å². The van der Waals surface area contributed by atoms with Crippen LogP contribution in [0.25, 0.3) is 0 Å². The largest absolute Gasteiger partial charge is 0.337 e. The van der Waals surface area contributed by atoms with Crippen molar-refractivity contribution in [3.8, 4) is 0 Å². The Morgan fingerprint density at radius 1 is 1.32 bits per heavy atom. The maximum atomic E-state index is 12.7. The quantitative estimate of drug-likeness (QED) is 0.713. The van der Waals surface area contributed by atoms with Crippen molar-refractivity contribution >= 4 is 11.7 Å². The molecule has 0 spiro atoms. The van der Waals surface area contributed by atoms with E-state index in [4.69, 9.17) is 0 Å². The molecule has 146 valence electrons. The van der Waals surface area contributed by atoms with Gasteiger partial charge in [-0.1, -0.05) is 12.1 Å². The highest BCUT2D eigenvalue weighted by Crippen LogP contribution is 2.20. The van der Waals surface area contributed by atoms with Gasteiger partial charge in [0.15, 0.2) is 5.82 Å². The number of imidazole rings is 1. The Balaban J connectivity index is 1.31. The average molecular weight is 379 g/mol. The van der Waals surface area contributed by atoms with Gasteiger partial charge in [-0.3, -0.25) is 5.10 Å². The maximum absolute atomic E-state index is 12.7. The van der Waals surface area contributed by atoms with E-state index in [9.17, 15) is 4.79 Å². The first kappa shape index (κ1) is 18.2. The van der Waals surface area contributed by atoms with Gasteiger partial charge in [-0.25, -0.2) is 14.8 Å². The molecule has 1 fully saturated rings. The van der Waals surface area contributed by atoms with Gasteiger partial charge in [0.25, 0.3) is 0 Å². The number of aromatic amines is 1. The van der Waals surface area contributed by atoms with Crippen molar-refractivity contribution in [1.29, 1.82) is 0 Å². The topological polar surface area (TPSA) is 91.7 Å². The van der Waals surface area contributed by atoms with Crippen molar-refractivity contribution in [2.45, 2.75) is 32.7 Å². The molecular weight excluding hydrogens is 354 g/mol. The predicted molar refractivity (Wildman–Crippen MR) is 106 cm³/mol. The van der Waals surface area contributed by atoms with Crippen LogP contribution in [0.15, 0.2) is 43.0 Å². The number of aryl methyl sites for hydroxylation is 1. The smallest absolute Gasteiger partial charge is 0.321 e. The summed E-state index contributed by atoms with van der Waals surface area (Å²) >= 11 is 0. The minimum Gasteiger partial charge on any atom is -0.337 e. The molecule has 0 unspecified atom stereocenters. The molecule has 28 heavy (non-hydrogen) atoms. The fraction of sp³-hybridized carbons (Fsp3) is 0.400. The zero-order chi connectivity index (χ0) is 19.3. The Bertz CT molecular complexity index is 901. The number of anilines is 1. The number of urea groups is 1. The first-order chi connectivity index (χ1) is 13.7. The summed E-state index contributed by atoms with van der Waals surface area (Å²) in [7, 11) is 0. The van der Waals surface area contributed by atoms with Gasteiger partial charge in [0.2, 0.25) is 0 Å². The lowest BCUT2D eigenvalue weighted by Crippen LogP contribution is -2.43. The standard InChI is InChI=1S/C20H25N7O/c1-15-22-19(25-24-15)11-16-4-6-18(7-5-16)23-20(28)27-9-2-3-17(13-27)12-26-10-8-21-14-26/h4-8,10,14,17H,2-3,9,11-13H2,1H3,(H,23,28)(H,22,24,25)/t17-/m0/s1. The second kappa shape index (κ2) is 8.24. The molecule has 1 aromatic carbocycles. The number of carbonyl (C=O) groups is 1. The molecule has 4 rings (SSSR count). The van der Waals surface area contributed by atoms with Crippen LogP contribution in [0.2, 0.25) is 0 Å². The summed E-state index contributed by atoms with van der Waals surface area (Å²) in [6.45, 7) is 4.36. The summed E-state index contributed by atoms with van der Waals surface area (Å²) in [4.78, 5) is 23.0. The highest BCUT2D eigenvalue weighted by Gasteiger charge is 2.24. The number of hydrogen-bond donors (Lipinski definition) is 2. The molecule has 1 aliphatic heterocycles. The van der Waals surface area contributed by atoms with Crippen LogP contribution in [0.3, 0.4) is 0 Å². The number of piperidine rings is 1. The fourth-order valence-corrected chi connectivity index (χ4v) is 3.65. The van der Waals surface area contributed by atoms with E-state index in [2.05, 4.69) is 30.0 Å². The second-order valence-electron chi connectivity index (χ2n) is 7.35. The van der Waals surface area contributed by atoms with Crippen LogP contribution in [-0.4, -0.2) is 48.8 Å². The van der Waals surface area contributed by atoms with E-state index < -0.39 is 0 Å². The van der Waals surface area contributed by atoms with Crippen LogP contribution in [0, 0.1) is 12.8 Å². The van der Waals surface area contributed by atoms with Gasteiger partial charge in [-0.15, -0.1) is 0 Å². The van der Waals surface area contributed by atoms with Crippen LogP contribution >= 0.6 is 0 Å². The summed E-state index contributed by atoms with van der Waals surface area (Å²) in [6, 6.07) is 7.82. The Hall–Kier alpha value is -3.16. The van der Waals surface area contributed by atoms with Gasteiger partial charge in [0.1, 0.15) is 5.82 Å². The van der Waals surface area contributed by atoms with Crippen LogP contribution < -0.4 is 5.32 Å². The van der Waals surface area contributed by atoms with Gasteiger partial charge in [-0.05, 0) is 43.4 Å². The van der Waals surface area contributed by atoms with Gasteiger partial charge in [0, 0.05) is 44.1 Å². The SMILES string of the molecule is Cc1nc(Cc2ccc(NC(=O)N3CCC[C@@H](Cn4ccnc4)C3)cc2)n[nH]1. The van der Waals surface area contributed by atoms with Crippen LogP contribution in [-0.2, 0) is 13.0 Å². The van der Waals surface area contributed by atoms with Crippen molar-refractivity contribution in [3.63, 3.8) is 0 Å². The molecule has 1 atom stereocenters. The summed E-state index contributed by atoms with van der Waals surface area (Å²) in [5.74, 6) is 2.04. The first-order valence-corrected chi connectivity index (χ1v) is 9.64. The van der Waals surface area contributed by atoms with Crippen LogP contribution in [0.4, 0.5) is 10.5 Å². The zero-order valence-electron chi connectivity index (χ0n) is 16.0. The molecular formula is C20H25N7O. The zero-order valence-corrected chi connectivity index (χ0v) is 16.0. The number of aromatic nitrogens is 5. The summed E-state index contributed by atoms with van der Waals surface area (Å²) in [5, 5.41) is 10.0. The van der Waals surface area contributed by atoms with Crippen molar-refractivity contribution in [2.75, 3.05) is 18.4 Å². The molecule has 3 aromatic rings. The van der Waals surface area contributed by atoms with Gasteiger partial charge in [0.05, 0.1) is 6.33 Å². The van der Waals surface area contributed by atoms with E-state index in [1.807, 2.05) is 48.6 Å². The summed E-state index contributed by atoms with van der Waals surface area (Å²) < 4.78 is 2.08. The first-order valence-electron chi connectivity index (χ1n) is 9.64. The molecule has 1 aliphatic rings. The number of rotatable bonds is 5. The molecule has 0 saturated carbocycles. The predicted octanol–water partition coefficient (Wildman–Crippen LogP) is 2.84. The molecule has 0 aliphatic carbocycles. The van der Waals surface area contributed by atoms with E-state index >= 15 is 0 Å². The molecule has 2 aromatic heterocycles. The van der Waals surface area contributed by atoms with Crippen LogP contribution in [0.5, 0.6) is 0 Å². The van der Waals surface area contributed by atoms with Gasteiger partial charge < -0.3 is 14.8 Å². The van der Waals surface area contributed by atoms with E-state index in [1.54, 1.807) is 6.20 Å². The van der Waals surface area contributed by atoms with E-state index in [-0.39, 0.29) is 6.03 Å². The lowest BCUT2D eigenvalue weighted by molar-refractivity contribution is 0.170. The molecule has 8 heteroatoms. The Kier molecular flexibility index (Phi) is 5.36. The lowest BCUT2D eigenvalue weighted by atomic mass is 9.98. The van der Waals surface area contributed by atoms with Gasteiger partial charge in [-0.2, -0.15) is 5.10 Å². The number of benzene rings is 1. The highest BCUT2D eigenvalue weighted by molar-refractivity contribution is 5.89. The molecule has 8 nitrogen and oxygen atoms in total. The molecule has 2 amide bonds. The monoisotopic (exact) mass is 379 g/mol. The fourth-order valence-electron chi connectivity index (χ4n) is 3.65. The lowest BCUT2D eigenvalue weighted by Gasteiger charge is -2.33. The Morgan fingerprint density at radius 2 is 2.18 bits per heavy atom. The van der Waals surface area contributed by atoms with E-state index in [0.717, 1.165) is 55.4 Å². The normalized spacial score (nSPS) is 16.9. The van der Waals surface area contributed by atoms with Crippen molar-refractivity contribution < 1.29 is 4.79 Å². The Labute approximate surface area is 164 Å². The van der Waals surface area contributed by atoms with E-state index in [1.165, 1.54) is 0 Å². The molecule has 2 N–H and O–H groups in total. The molecule has 3 heterocycles. The van der Waals surface area contributed by atoms with Crippen molar-refractivity contribution in [1.82, 2.24) is 29.6 Å². The minimum absolute atomic E-state index is 0.0346. The second-order valence-corrected chi connectivity index (χ2v) is 7.35. The number of likely N-dealkylation sites (tertiary alicyclic amines) is 1. The summed E-state index contributed by atoms with van der Waals surface area (Å²) in [6.07, 6.45) is 8.43. The number of nitrogens with one attached hydrogen (secondary N) is 2. The van der Waals surface area contributed by atoms with Crippen LogP contribution in [0.1, 0.15) is 30.1 Å². The third kappa shape index (κ3) is 4.57.